The van der Waals surface area contributed by atoms with Crippen molar-refractivity contribution in [1.82, 2.24) is 15.1 Å². The van der Waals surface area contributed by atoms with Gasteiger partial charge in [-0.3, -0.25) is 0 Å². The minimum absolute atomic E-state index is 0.00492. The number of nitrogens with one attached hydrogen (secondary N) is 1. The van der Waals surface area contributed by atoms with Crippen LogP contribution in [0, 0.1) is 5.92 Å². The summed E-state index contributed by atoms with van der Waals surface area (Å²) in [5.74, 6) is 0.768. The van der Waals surface area contributed by atoms with Gasteiger partial charge in [-0.2, -0.15) is 0 Å². The van der Waals surface area contributed by atoms with Crippen LogP contribution in [-0.4, -0.2) is 66.8 Å². The van der Waals surface area contributed by atoms with Crippen LogP contribution in [0.4, 0.5) is 4.79 Å². The lowest BCUT2D eigenvalue weighted by atomic mass is 9.87. The Hall–Kier alpha value is -0.810. The van der Waals surface area contributed by atoms with Crippen molar-refractivity contribution in [3.05, 3.63) is 0 Å². The number of carbonyl (C=O) groups is 1. The minimum Gasteiger partial charge on any atom is -0.395 e. The van der Waals surface area contributed by atoms with Crippen LogP contribution in [0.1, 0.15) is 64.2 Å². The molecule has 2 N–H and O–H groups in total. The summed E-state index contributed by atoms with van der Waals surface area (Å²) in [6, 6.07) is -0.00492. The molecule has 140 valence electrons. The van der Waals surface area contributed by atoms with Crippen molar-refractivity contribution < 1.29 is 9.90 Å². The van der Waals surface area contributed by atoms with Crippen LogP contribution in [0.2, 0.25) is 0 Å². The Morgan fingerprint density at radius 2 is 1.67 bits per heavy atom. The topological polar surface area (TPSA) is 55.8 Å². The zero-order chi connectivity index (χ0) is 17.0. The van der Waals surface area contributed by atoms with E-state index in [9.17, 15) is 9.90 Å². The number of aliphatic hydroxyl groups is 1. The fourth-order valence-corrected chi connectivity index (χ4v) is 4.04. The van der Waals surface area contributed by atoms with Crippen molar-refractivity contribution in [3.63, 3.8) is 0 Å². The molecule has 1 aliphatic heterocycles. The maximum atomic E-state index is 12.4. The molecule has 2 aliphatic rings. The SMILES string of the molecule is O=C(NCCN1CCCCCC1)N(CCO)CCC1CCCCC1. The van der Waals surface area contributed by atoms with Crippen molar-refractivity contribution in [2.24, 2.45) is 5.92 Å². The summed E-state index contributed by atoms with van der Waals surface area (Å²) >= 11 is 0. The van der Waals surface area contributed by atoms with Gasteiger partial charge in [0.1, 0.15) is 0 Å². The summed E-state index contributed by atoms with van der Waals surface area (Å²) in [7, 11) is 0. The molecule has 5 heteroatoms. The summed E-state index contributed by atoms with van der Waals surface area (Å²) in [6.07, 6.45) is 13.0. The van der Waals surface area contributed by atoms with Gasteiger partial charge in [0.05, 0.1) is 6.61 Å². The molecule has 0 unspecified atom stereocenters. The molecule has 0 aromatic heterocycles. The molecule has 5 nitrogen and oxygen atoms in total. The molecule has 0 radical (unpaired) electrons. The van der Waals surface area contributed by atoms with Crippen molar-refractivity contribution in [2.45, 2.75) is 64.2 Å². The first-order chi connectivity index (χ1) is 11.8. The molecule has 0 spiro atoms. The fourth-order valence-electron chi connectivity index (χ4n) is 4.04. The van der Waals surface area contributed by atoms with Crippen LogP contribution in [0.15, 0.2) is 0 Å². The molecular formula is C19H37N3O2. The van der Waals surface area contributed by atoms with Gasteiger partial charge in [0, 0.05) is 26.2 Å². The highest BCUT2D eigenvalue weighted by Crippen LogP contribution is 2.26. The number of amides is 2. The molecule has 24 heavy (non-hydrogen) atoms. The quantitative estimate of drug-likeness (QED) is 0.715. The van der Waals surface area contributed by atoms with E-state index in [4.69, 9.17) is 0 Å². The van der Waals surface area contributed by atoms with Crippen LogP contribution < -0.4 is 5.32 Å². The summed E-state index contributed by atoms with van der Waals surface area (Å²) in [6.45, 7) is 5.26. The summed E-state index contributed by atoms with van der Waals surface area (Å²) < 4.78 is 0. The van der Waals surface area contributed by atoms with Crippen molar-refractivity contribution >= 4 is 6.03 Å². The molecule has 2 rings (SSSR count). The van der Waals surface area contributed by atoms with Crippen LogP contribution in [0.25, 0.3) is 0 Å². The normalized spacial score (nSPS) is 20.5. The second kappa shape index (κ2) is 11.7. The van der Waals surface area contributed by atoms with Gasteiger partial charge in [-0.05, 0) is 38.3 Å². The van der Waals surface area contributed by atoms with E-state index in [0.29, 0.717) is 13.1 Å². The maximum Gasteiger partial charge on any atom is 0.317 e. The molecule has 1 saturated carbocycles. The van der Waals surface area contributed by atoms with E-state index in [1.165, 1.54) is 57.8 Å². The highest BCUT2D eigenvalue weighted by molar-refractivity contribution is 5.74. The predicted molar refractivity (Wildman–Crippen MR) is 98.2 cm³/mol. The summed E-state index contributed by atoms with van der Waals surface area (Å²) in [5, 5.41) is 12.3. The van der Waals surface area contributed by atoms with Gasteiger partial charge in [-0.25, -0.2) is 4.79 Å². The van der Waals surface area contributed by atoms with Gasteiger partial charge in [-0.15, -0.1) is 0 Å². The monoisotopic (exact) mass is 339 g/mol. The highest BCUT2D eigenvalue weighted by atomic mass is 16.3. The van der Waals surface area contributed by atoms with Crippen molar-refractivity contribution in [1.29, 1.82) is 0 Å². The molecule has 1 saturated heterocycles. The largest absolute Gasteiger partial charge is 0.395 e. The van der Waals surface area contributed by atoms with E-state index in [1.54, 1.807) is 4.90 Å². The lowest BCUT2D eigenvalue weighted by Crippen LogP contribution is -2.45. The first-order valence-corrected chi connectivity index (χ1v) is 10.2. The second-order valence-electron chi connectivity index (χ2n) is 7.49. The standard InChI is InChI=1S/C19H37N3O2/c23-17-16-22(14-10-18-8-4-3-5-9-18)19(24)20-11-15-21-12-6-1-2-7-13-21/h18,23H,1-17H2,(H,20,24). The Kier molecular flexibility index (Phi) is 9.51. The lowest BCUT2D eigenvalue weighted by molar-refractivity contribution is 0.168. The lowest BCUT2D eigenvalue weighted by Gasteiger charge is -2.27. The van der Waals surface area contributed by atoms with E-state index < -0.39 is 0 Å². The Morgan fingerprint density at radius 1 is 1.00 bits per heavy atom. The van der Waals surface area contributed by atoms with E-state index in [2.05, 4.69) is 10.2 Å². The van der Waals surface area contributed by atoms with Crippen LogP contribution in [0.5, 0.6) is 0 Å². The molecule has 0 aromatic rings. The second-order valence-corrected chi connectivity index (χ2v) is 7.49. The summed E-state index contributed by atoms with van der Waals surface area (Å²) in [4.78, 5) is 16.7. The number of likely N-dealkylation sites (tertiary alicyclic amines) is 1. The Bertz CT molecular complexity index is 338. The third-order valence-electron chi connectivity index (χ3n) is 5.59. The number of carbonyl (C=O) groups excluding carboxylic acids is 1. The first-order valence-electron chi connectivity index (χ1n) is 10.2. The first kappa shape index (κ1) is 19.5. The van der Waals surface area contributed by atoms with E-state index in [-0.39, 0.29) is 12.6 Å². The number of hydrogen-bond acceptors (Lipinski definition) is 3. The molecule has 1 aliphatic carbocycles. The smallest absolute Gasteiger partial charge is 0.317 e. The molecule has 0 atom stereocenters. The number of hydrogen-bond donors (Lipinski definition) is 2. The van der Waals surface area contributed by atoms with E-state index in [1.807, 2.05) is 0 Å². The molecule has 0 bridgehead atoms. The zero-order valence-corrected chi connectivity index (χ0v) is 15.3. The number of rotatable bonds is 8. The Morgan fingerprint density at radius 3 is 2.33 bits per heavy atom. The average molecular weight is 340 g/mol. The van der Waals surface area contributed by atoms with Crippen LogP contribution in [0.3, 0.4) is 0 Å². The maximum absolute atomic E-state index is 12.4. The number of nitrogens with zero attached hydrogens (tertiary/aromatic N) is 2. The van der Waals surface area contributed by atoms with Gasteiger partial charge < -0.3 is 20.2 Å². The van der Waals surface area contributed by atoms with Crippen LogP contribution in [-0.2, 0) is 0 Å². The van der Waals surface area contributed by atoms with Gasteiger partial charge in [0.25, 0.3) is 0 Å². The number of aliphatic hydroxyl groups excluding tert-OH is 1. The average Bonchev–Trinajstić information content (AvgIpc) is 2.88. The van der Waals surface area contributed by atoms with Gasteiger partial charge in [-0.1, -0.05) is 44.9 Å². The van der Waals surface area contributed by atoms with Gasteiger partial charge >= 0.3 is 6.03 Å². The molecule has 0 aromatic carbocycles. The third-order valence-corrected chi connectivity index (χ3v) is 5.59. The zero-order valence-electron chi connectivity index (χ0n) is 15.3. The molecular weight excluding hydrogens is 302 g/mol. The van der Waals surface area contributed by atoms with Crippen molar-refractivity contribution in [3.8, 4) is 0 Å². The molecule has 2 amide bonds. The van der Waals surface area contributed by atoms with Crippen LogP contribution >= 0.6 is 0 Å². The van der Waals surface area contributed by atoms with E-state index in [0.717, 1.165) is 38.5 Å². The summed E-state index contributed by atoms with van der Waals surface area (Å²) in [5.41, 5.74) is 0. The van der Waals surface area contributed by atoms with Gasteiger partial charge in [0.15, 0.2) is 0 Å². The Balaban J connectivity index is 1.65. The third kappa shape index (κ3) is 7.39. The number of urea groups is 1. The fraction of sp³-hybridized carbons (Fsp3) is 0.947. The minimum atomic E-state index is -0.00492. The molecule has 1 heterocycles. The Labute approximate surface area is 147 Å². The van der Waals surface area contributed by atoms with Crippen molar-refractivity contribution in [2.75, 3.05) is 45.9 Å². The highest BCUT2D eigenvalue weighted by Gasteiger charge is 2.18. The molecule has 2 fully saturated rings. The predicted octanol–water partition coefficient (Wildman–Crippen LogP) is 2.84. The van der Waals surface area contributed by atoms with E-state index >= 15 is 0 Å². The van der Waals surface area contributed by atoms with Gasteiger partial charge in [0.2, 0.25) is 0 Å².